The molecular formula is C15H19N3O2. The number of nitrogens with zero attached hydrogens (tertiary/aromatic N) is 1. The molecular weight excluding hydrogens is 254 g/mol. The second kappa shape index (κ2) is 5.53. The Morgan fingerprint density at radius 3 is 3.00 bits per heavy atom. The molecule has 1 saturated carbocycles. The maximum absolute atomic E-state index is 11.7. The molecule has 0 aliphatic heterocycles. The van der Waals surface area contributed by atoms with E-state index in [4.69, 9.17) is 4.74 Å². The molecule has 0 spiro atoms. The number of anilines is 1. The van der Waals surface area contributed by atoms with Gasteiger partial charge < -0.3 is 15.0 Å². The van der Waals surface area contributed by atoms with E-state index in [0.717, 1.165) is 17.0 Å². The Labute approximate surface area is 117 Å². The zero-order chi connectivity index (χ0) is 13.9. The van der Waals surface area contributed by atoms with Gasteiger partial charge in [0.2, 0.25) is 5.95 Å². The van der Waals surface area contributed by atoms with Crippen molar-refractivity contribution in [3.8, 4) is 0 Å². The van der Waals surface area contributed by atoms with Gasteiger partial charge in [-0.15, -0.1) is 0 Å². The highest BCUT2D eigenvalue weighted by Crippen LogP contribution is 2.23. The molecule has 1 aliphatic rings. The molecule has 0 radical (unpaired) electrons. The number of H-pyrrole nitrogens is 1. The molecule has 20 heavy (non-hydrogen) atoms. The molecule has 5 heteroatoms. The van der Waals surface area contributed by atoms with E-state index in [2.05, 4.69) is 15.3 Å². The molecule has 1 heterocycles. The van der Waals surface area contributed by atoms with Crippen molar-refractivity contribution in [2.24, 2.45) is 0 Å². The summed E-state index contributed by atoms with van der Waals surface area (Å²) < 4.78 is 5.00. The predicted molar refractivity (Wildman–Crippen MR) is 77.9 cm³/mol. The molecule has 3 rings (SSSR count). The number of imidazole rings is 1. The summed E-state index contributed by atoms with van der Waals surface area (Å²) in [7, 11) is 0. The molecule has 5 nitrogen and oxygen atoms in total. The smallest absolute Gasteiger partial charge is 0.338 e. The van der Waals surface area contributed by atoms with Gasteiger partial charge in [-0.2, -0.15) is 0 Å². The monoisotopic (exact) mass is 273 g/mol. The second-order valence-electron chi connectivity index (χ2n) is 5.16. The summed E-state index contributed by atoms with van der Waals surface area (Å²) >= 11 is 0. The van der Waals surface area contributed by atoms with Crippen LogP contribution in [0.1, 0.15) is 43.0 Å². The highest BCUT2D eigenvalue weighted by atomic mass is 16.5. The van der Waals surface area contributed by atoms with Crippen LogP contribution in [0.15, 0.2) is 18.2 Å². The van der Waals surface area contributed by atoms with Crippen molar-refractivity contribution in [3.63, 3.8) is 0 Å². The van der Waals surface area contributed by atoms with E-state index < -0.39 is 0 Å². The Kier molecular flexibility index (Phi) is 3.58. The van der Waals surface area contributed by atoms with Crippen molar-refractivity contribution in [3.05, 3.63) is 23.8 Å². The molecule has 1 aliphatic carbocycles. The molecule has 0 saturated heterocycles. The first-order valence-corrected chi connectivity index (χ1v) is 7.19. The molecule has 2 aromatic rings. The van der Waals surface area contributed by atoms with Gasteiger partial charge in [-0.1, -0.05) is 12.8 Å². The Balaban J connectivity index is 1.81. The summed E-state index contributed by atoms with van der Waals surface area (Å²) in [4.78, 5) is 19.4. The minimum Gasteiger partial charge on any atom is -0.462 e. The Bertz CT molecular complexity index is 615. The maximum atomic E-state index is 11.7. The van der Waals surface area contributed by atoms with Gasteiger partial charge in [-0.05, 0) is 38.0 Å². The van der Waals surface area contributed by atoms with Crippen LogP contribution in [0.5, 0.6) is 0 Å². The minimum absolute atomic E-state index is 0.297. The third kappa shape index (κ3) is 2.61. The molecule has 0 amide bonds. The van der Waals surface area contributed by atoms with Crippen molar-refractivity contribution in [2.75, 3.05) is 11.9 Å². The highest BCUT2D eigenvalue weighted by Gasteiger charge is 2.16. The third-order valence-electron chi connectivity index (χ3n) is 3.69. The Hall–Kier alpha value is -2.04. The number of rotatable bonds is 4. The van der Waals surface area contributed by atoms with Gasteiger partial charge in [0.1, 0.15) is 0 Å². The fraction of sp³-hybridized carbons (Fsp3) is 0.467. The van der Waals surface area contributed by atoms with Crippen LogP contribution >= 0.6 is 0 Å². The summed E-state index contributed by atoms with van der Waals surface area (Å²) in [5.74, 6) is 0.488. The molecule has 1 fully saturated rings. The van der Waals surface area contributed by atoms with Crippen LogP contribution in [-0.4, -0.2) is 28.6 Å². The highest BCUT2D eigenvalue weighted by molar-refractivity contribution is 5.94. The van der Waals surface area contributed by atoms with Crippen LogP contribution < -0.4 is 5.32 Å². The number of ether oxygens (including phenoxy) is 1. The Morgan fingerprint density at radius 2 is 2.25 bits per heavy atom. The van der Waals surface area contributed by atoms with Crippen LogP contribution in [0.25, 0.3) is 11.0 Å². The van der Waals surface area contributed by atoms with Gasteiger partial charge in [0, 0.05) is 6.04 Å². The van der Waals surface area contributed by atoms with Crippen LogP contribution in [0.4, 0.5) is 5.95 Å². The molecule has 2 N–H and O–H groups in total. The van der Waals surface area contributed by atoms with Crippen LogP contribution in [0, 0.1) is 0 Å². The average molecular weight is 273 g/mol. The molecule has 1 aromatic carbocycles. The number of aromatic amines is 1. The Morgan fingerprint density at radius 1 is 1.45 bits per heavy atom. The zero-order valence-electron chi connectivity index (χ0n) is 11.6. The van der Waals surface area contributed by atoms with E-state index in [1.165, 1.54) is 25.7 Å². The lowest BCUT2D eigenvalue weighted by molar-refractivity contribution is 0.0526. The largest absolute Gasteiger partial charge is 0.462 e. The first-order chi connectivity index (χ1) is 9.76. The van der Waals surface area contributed by atoms with Crippen LogP contribution in [-0.2, 0) is 4.74 Å². The minimum atomic E-state index is -0.297. The fourth-order valence-corrected chi connectivity index (χ4v) is 2.68. The van der Waals surface area contributed by atoms with E-state index in [1.54, 1.807) is 19.1 Å². The zero-order valence-corrected chi connectivity index (χ0v) is 11.6. The lowest BCUT2D eigenvalue weighted by Crippen LogP contribution is -2.15. The van der Waals surface area contributed by atoms with Gasteiger partial charge in [-0.3, -0.25) is 0 Å². The number of carbonyl (C=O) groups is 1. The lowest BCUT2D eigenvalue weighted by Gasteiger charge is -2.09. The van der Waals surface area contributed by atoms with Crippen molar-refractivity contribution < 1.29 is 9.53 Å². The number of esters is 1. The van der Waals surface area contributed by atoms with Gasteiger partial charge in [0.25, 0.3) is 0 Å². The van der Waals surface area contributed by atoms with E-state index in [9.17, 15) is 4.79 Å². The standard InChI is InChI=1S/C15H19N3O2/c1-2-20-14(19)10-7-8-12-13(9-10)18-15(17-12)16-11-5-3-4-6-11/h7-9,11H,2-6H2,1H3,(H2,16,17,18). The first-order valence-electron chi connectivity index (χ1n) is 7.19. The van der Waals surface area contributed by atoms with Gasteiger partial charge in [0.15, 0.2) is 0 Å². The summed E-state index contributed by atoms with van der Waals surface area (Å²) in [6, 6.07) is 5.90. The number of hydrogen-bond acceptors (Lipinski definition) is 4. The summed E-state index contributed by atoms with van der Waals surface area (Å²) in [5.41, 5.74) is 2.27. The number of hydrogen-bond donors (Lipinski definition) is 2. The number of benzene rings is 1. The molecule has 0 unspecified atom stereocenters. The van der Waals surface area contributed by atoms with Gasteiger partial charge in [-0.25, -0.2) is 9.78 Å². The average Bonchev–Trinajstić information content (AvgIpc) is 3.07. The molecule has 1 aromatic heterocycles. The summed E-state index contributed by atoms with van der Waals surface area (Å²) in [6.45, 7) is 2.19. The van der Waals surface area contributed by atoms with Gasteiger partial charge in [0.05, 0.1) is 23.2 Å². The first kappa shape index (κ1) is 13.0. The summed E-state index contributed by atoms with van der Waals surface area (Å²) in [6.07, 6.45) is 4.96. The maximum Gasteiger partial charge on any atom is 0.338 e. The van der Waals surface area contributed by atoms with E-state index in [-0.39, 0.29) is 5.97 Å². The van der Waals surface area contributed by atoms with Crippen LogP contribution in [0.3, 0.4) is 0 Å². The molecule has 0 bridgehead atoms. The van der Waals surface area contributed by atoms with Crippen LogP contribution in [0.2, 0.25) is 0 Å². The normalized spacial score (nSPS) is 15.7. The summed E-state index contributed by atoms with van der Waals surface area (Å²) in [5, 5.41) is 3.42. The predicted octanol–water partition coefficient (Wildman–Crippen LogP) is 3.09. The third-order valence-corrected chi connectivity index (χ3v) is 3.69. The number of carbonyl (C=O) groups excluding carboxylic acids is 1. The van der Waals surface area contributed by atoms with Crippen molar-refractivity contribution in [1.29, 1.82) is 0 Å². The van der Waals surface area contributed by atoms with E-state index in [0.29, 0.717) is 18.2 Å². The topological polar surface area (TPSA) is 67.0 Å². The second-order valence-corrected chi connectivity index (χ2v) is 5.16. The lowest BCUT2D eigenvalue weighted by atomic mass is 10.2. The van der Waals surface area contributed by atoms with E-state index in [1.807, 2.05) is 6.07 Å². The van der Waals surface area contributed by atoms with E-state index >= 15 is 0 Å². The number of fused-ring (bicyclic) bond motifs is 1. The van der Waals surface area contributed by atoms with Crippen molar-refractivity contribution in [1.82, 2.24) is 9.97 Å². The van der Waals surface area contributed by atoms with Crippen molar-refractivity contribution in [2.45, 2.75) is 38.6 Å². The number of aromatic nitrogens is 2. The fourth-order valence-electron chi connectivity index (χ4n) is 2.68. The quantitative estimate of drug-likeness (QED) is 0.840. The number of nitrogens with one attached hydrogen (secondary N) is 2. The van der Waals surface area contributed by atoms with Crippen molar-refractivity contribution >= 4 is 23.0 Å². The molecule has 106 valence electrons. The van der Waals surface area contributed by atoms with Gasteiger partial charge >= 0.3 is 5.97 Å². The molecule has 0 atom stereocenters. The SMILES string of the molecule is CCOC(=O)c1ccc2nc(NC3CCCC3)[nH]c2c1.